The van der Waals surface area contributed by atoms with Gasteiger partial charge in [0.15, 0.2) is 5.69 Å². The fourth-order valence-corrected chi connectivity index (χ4v) is 2.02. The Hall–Kier alpha value is -1.84. The van der Waals surface area contributed by atoms with Crippen molar-refractivity contribution in [2.75, 3.05) is 0 Å². The summed E-state index contributed by atoms with van der Waals surface area (Å²) in [6, 6.07) is 3.82. The van der Waals surface area contributed by atoms with Gasteiger partial charge in [0.1, 0.15) is 5.65 Å². The first-order valence-electron chi connectivity index (χ1n) is 5.38. The Morgan fingerprint density at radius 3 is 2.88 bits per heavy atom. The highest BCUT2D eigenvalue weighted by Gasteiger charge is 2.32. The lowest BCUT2D eigenvalue weighted by Crippen LogP contribution is -2.05. The molecule has 4 nitrogen and oxygen atoms in total. The maximum absolute atomic E-state index is 11.3. The van der Waals surface area contributed by atoms with Gasteiger partial charge in [0.25, 0.3) is 0 Å². The lowest BCUT2D eigenvalue weighted by atomic mass is 10.2. The molecule has 3 rings (SSSR count). The number of rotatable bonds is 2. The number of hydrogen-bond acceptors (Lipinski definition) is 2. The maximum Gasteiger partial charge on any atom is 0.354 e. The molecule has 1 fully saturated rings. The molecule has 1 N–H and O–H groups in total. The van der Waals surface area contributed by atoms with Crippen LogP contribution < -0.4 is 0 Å². The van der Waals surface area contributed by atoms with E-state index < -0.39 is 5.97 Å². The Bertz CT molecular complexity index is 582. The van der Waals surface area contributed by atoms with Crippen molar-refractivity contribution < 1.29 is 9.90 Å². The minimum absolute atomic E-state index is 0.334. The third-order valence-corrected chi connectivity index (χ3v) is 2.96. The summed E-state index contributed by atoms with van der Waals surface area (Å²) in [6.45, 7) is 1.95. The van der Waals surface area contributed by atoms with Crippen LogP contribution in [0.5, 0.6) is 0 Å². The van der Waals surface area contributed by atoms with Crippen molar-refractivity contribution in [3.63, 3.8) is 0 Å². The van der Waals surface area contributed by atoms with E-state index in [1.54, 1.807) is 4.40 Å². The summed E-state index contributed by atoms with van der Waals surface area (Å²) in [5, 5.41) is 9.26. The van der Waals surface area contributed by atoms with Crippen molar-refractivity contribution in [1.82, 2.24) is 9.38 Å². The molecule has 0 atom stereocenters. The van der Waals surface area contributed by atoms with Gasteiger partial charge in [-0.2, -0.15) is 0 Å². The van der Waals surface area contributed by atoms with E-state index in [9.17, 15) is 9.90 Å². The molecule has 0 amide bonds. The molecule has 16 heavy (non-hydrogen) atoms. The number of carbonyl (C=O) groups is 1. The average Bonchev–Trinajstić information content (AvgIpc) is 2.99. The fourth-order valence-electron chi connectivity index (χ4n) is 2.02. The Kier molecular flexibility index (Phi) is 1.80. The third kappa shape index (κ3) is 1.30. The summed E-state index contributed by atoms with van der Waals surface area (Å²) in [6.07, 6.45) is 3.95. The fraction of sp³-hybridized carbons (Fsp3) is 0.333. The SMILES string of the molecule is Cc1ccc2nc(C3CC3)c(C(=O)O)n2c1. The van der Waals surface area contributed by atoms with Crippen molar-refractivity contribution in [3.05, 3.63) is 35.3 Å². The summed E-state index contributed by atoms with van der Waals surface area (Å²) in [5.41, 5.74) is 2.85. The van der Waals surface area contributed by atoms with Crippen LogP contribution in [0.25, 0.3) is 5.65 Å². The zero-order chi connectivity index (χ0) is 11.3. The second-order valence-corrected chi connectivity index (χ2v) is 4.36. The number of aromatic nitrogens is 2. The highest BCUT2D eigenvalue weighted by molar-refractivity contribution is 5.88. The summed E-state index contributed by atoms with van der Waals surface area (Å²) in [4.78, 5) is 15.7. The second-order valence-electron chi connectivity index (χ2n) is 4.36. The van der Waals surface area contributed by atoms with Crippen LogP contribution >= 0.6 is 0 Å². The molecule has 2 aromatic heterocycles. The van der Waals surface area contributed by atoms with Crippen molar-refractivity contribution in [3.8, 4) is 0 Å². The first-order chi connectivity index (χ1) is 7.66. The molecular weight excluding hydrogens is 204 g/mol. The molecule has 4 heteroatoms. The van der Waals surface area contributed by atoms with E-state index >= 15 is 0 Å². The van der Waals surface area contributed by atoms with Gasteiger partial charge in [-0.3, -0.25) is 4.40 Å². The largest absolute Gasteiger partial charge is 0.477 e. The number of aryl methyl sites for hydroxylation is 1. The second kappa shape index (κ2) is 3.07. The molecule has 2 heterocycles. The Morgan fingerprint density at radius 2 is 2.25 bits per heavy atom. The normalized spacial score (nSPS) is 15.6. The van der Waals surface area contributed by atoms with Crippen molar-refractivity contribution in [2.45, 2.75) is 25.7 Å². The van der Waals surface area contributed by atoms with Gasteiger partial charge in [-0.1, -0.05) is 6.07 Å². The molecule has 0 unspecified atom stereocenters. The minimum atomic E-state index is -0.889. The van der Waals surface area contributed by atoms with E-state index in [0.29, 0.717) is 11.6 Å². The highest BCUT2D eigenvalue weighted by atomic mass is 16.4. The van der Waals surface area contributed by atoms with Crippen LogP contribution in [0.4, 0.5) is 0 Å². The molecule has 1 aliphatic carbocycles. The van der Waals surface area contributed by atoms with E-state index in [0.717, 1.165) is 29.7 Å². The van der Waals surface area contributed by atoms with E-state index in [2.05, 4.69) is 4.98 Å². The summed E-state index contributed by atoms with van der Waals surface area (Å²) in [5.74, 6) is -0.536. The van der Waals surface area contributed by atoms with Crippen molar-refractivity contribution >= 4 is 11.6 Å². The Labute approximate surface area is 92.5 Å². The number of nitrogens with zero attached hydrogens (tertiary/aromatic N) is 2. The van der Waals surface area contributed by atoms with E-state index in [1.807, 2.05) is 25.3 Å². The predicted molar refractivity (Wildman–Crippen MR) is 58.9 cm³/mol. The van der Waals surface area contributed by atoms with Gasteiger partial charge in [0.05, 0.1) is 5.69 Å². The van der Waals surface area contributed by atoms with Gasteiger partial charge < -0.3 is 5.11 Å². The Balaban J connectivity index is 2.33. The monoisotopic (exact) mass is 216 g/mol. The minimum Gasteiger partial charge on any atom is -0.477 e. The molecule has 0 spiro atoms. The van der Waals surface area contributed by atoms with Gasteiger partial charge in [-0.25, -0.2) is 9.78 Å². The molecule has 82 valence electrons. The molecular formula is C12H12N2O2. The van der Waals surface area contributed by atoms with Crippen LogP contribution in [-0.2, 0) is 0 Å². The number of imidazole rings is 1. The quantitative estimate of drug-likeness (QED) is 0.837. The molecule has 0 aromatic carbocycles. The molecule has 2 aromatic rings. The van der Waals surface area contributed by atoms with Gasteiger partial charge in [-0.05, 0) is 31.4 Å². The van der Waals surface area contributed by atoms with Gasteiger partial charge in [-0.15, -0.1) is 0 Å². The molecule has 1 aliphatic rings. The van der Waals surface area contributed by atoms with Crippen molar-refractivity contribution in [2.24, 2.45) is 0 Å². The van der Waals surface area contributed by atoms with Gasteiger partial charge in [0.2, 0.25) is 0 Å². The summed E-state index contributed by atoms with van der Waals surface area (Å²) >= 11 is 0. The molecule has 0 aliphatic heterocycles. The molecule has 0 radical (unpaired) electrons. The third-order valence-electron chi connectivity index (χ3n) is 2.96. The van der Waals surface area contributed by atoms with Crippen molar-refractivity contribution in [1.29, 1.82) is 0 Å². The van der Waals surface area contributed by atoms with Crippen LogP contribution in [0.15, 0.2) is 18.3 Å². The average molecular weight is 216 g/mol. The number of carboxylic acids is 1. The standard InChI is InChI=1S/C12H12N2O2/c1-7-2-5-9-13-10(8-3-4-8)11(12(15)16)14(9)6-7/h2,5-6,8H,3-4H2,1H3,(H,15,16). The highest BCUT2D eigenvalue weighted by Crippen LogP contribution is 2.41. The van der Waals surface area contributed by atoms with E-state index in [-0.39, 0.29) is 0 Å². The predicted octanol–water partition coefficient (Wildman–Crippen LogP) is 2.22. The van der Waals surface area contributed by atoms with E-state index in [4.69, 9.17) is 0 Å². The molecule has 0 saturated heterocycles. The van der Waals surface area contributed by atoms with Crippen LogP contribution in [0.2, 0.25) is 0 Å². The van der Waals surface area contributed by atoms with Crippen LogP contribution in [0.1, 0.15) is 40.5 Å². The number of hydrogen-bond donors (Lipinski definition) is 1. The number of pyridine rings is 1. The zero-order valence-corrected chi connectivity index (χ0v) is 8.97. The smallest absolute Gasteiger partial charge is 0.354 e. The number of aromatic carboxylic acids is 1. The first kappa shape index (κ1) is 9.39. The zero-order valence-electron chi connectivity index (χ0n) is 8.97. The lowest BCUT2D eigenvalue weighted by Gasteiger charge is -1.99. The van der Waals surface area contributed by atoms with Gasteiger partial charge in [0, 0.05) is 12.1 Å². The van der Waals surface area contributed by atoms with E-state index in [1.165, 1.54) is 0 Å². The van der Waals surface area contributed by atoms with Crippen LogP contribution in [0, 0.1) is 6.92 Å². The topological polar surface area (TPSA) is 54.6 Å². The van der Waals surface area contributed by atoms with Crippen LogP contribution in [0.3, 0.4) is 0 Å². The molecule has 0 bridgehead atoms. The van der Waals surface area contributed by atoms with Gasteiger partial charge >= 0.3 is 5.97 Å². The molecule has 1 saturated carbocycles. The van der Waals surface area contributed by atoms with Crippen LogP contribution in [-0.4, -0.2) is 20.5 Å². The maximum atomic E-state index is 11.3. The summed E-state index contributed by atoms with van der Waals surface area (Å²) in [7, 11) is 0. The lowest BCUT2D eigenvalue weighted by molar-refractivity contribution is 0.0688. The number of fused-ring (bicyclic) bond motifs is 1. The number of carboxylic acid groups (broad SMARTS) is 1. The first-order valence-corrected chi connectivity index (χ1v) is 5.38. The summed E-state index contributed by atoms with van der Waals surface area (Å²) < 4.78 is 1.69. The Morgan fingerprint density at radius 1 is 1.50 bits per heavy atom.